The van der Waals surface area contributed by atoms with E-state index in [-0.39, 0.29) is 23.0 Å². The number of carbonyl (C=O) groups is 1. The molecule has 0 N–H and O–H groups in total. The fourth-order valence-electron chi connectivity index (χ4n) is 1.54. The van der Waals surface area contributed by atoms with E-state index in [0.29, 0.717) is 6.54 Å². The molecule has 0 unspecified atom stereocenters. The lowest BCUT2D eigenvalue weighted by Crippen LogP contribution is -2.56. The van der Waals surface area contributed by atoms with Gasteiger partial charge in [0.25, 0.3) is 0 Å². The van der Waals surface area contributed by atoms with E-state index in [2.05, 4.69) is 0 Å². The van der Waals surface area contributed by atoms with Crippen LogP contribution in [0.2, 0.25) is 0 Å². The van der Waals surface area contributed by atoms with Crippen molar-refractivity contribution in [2.45, 2.75) is 32.1 Å². The van der Waals surface area contributed by atoms with Crippen molar-refractivity contribution in [1.82, 2.24) is 4.90 Å². The van der Waals surface area contributed by atoms with Crippen LogP contribution in [-0.2, 0) is 14.6 Å². The first-order chi connectivity index (χ1) is 6.38. The summed E-state index contributed by atoms with van der Waals surface area (Å²) in [5.41, 5.74) is 0. The SMILES string of the molecule is CC(C)S(=O)(=O)C[C@H]1CN(C=O)[C@@H]1C. The van der Waals surface area contributed by atoms with Crippen LogP contribution in [-0.4, -0.2) is 43.3 Å². The summed E-state index contributed by atoms with van der Waals surface area (Å²) in [6.07, 6.45) is 0.781. The molecule has 0 aliphatic carbocycles. The van der Waals surface area contributed by atoms with E-state index < -0.39 is 9.84 Å². The molecule has 4 nitrogen and oxygen atoms in total. The molecular weight excluding hydrogens is 202 g/mol. The lowest BCUT2D eigenvalue weighted by molar-refractivity contribution is -0.127. The summed E-state index contributed by atoms with van der Waals surface area (Å²) in [4.78, 5) is 12.0. The van der Waals surface area contributed by atoms with Crippen molar-refractivity contribution in [3.8, 4) is 0 Å². The average Bonchev–Trinajstić information content (AvgIpc) is 2.10. The van der Waals surface area contributed by atoms with Crippen LogP contribution in [0.1, 0.15) is 20.8 Å². The molecule has 82 valence electrons. The van der Waals surface area contributed by atoms with Gasteiger partial charge in [0.2, 0.25) is 6.41 Å². The summed E-state index contributed by atoms with van der Waals surface area (Å²) in [6.45, 7) is 5.85. The number of nitrogens with zero attached hydrogens (tertiary/aromatic N) is 1. The van der Waals surface area contributed by atoms with E-state index in [9.17, 15) is 13.2 Å². The van der Waals surface area contributed by atoms with Gasteiger partial charge in [-0.1, -0.05) is 0 Å². The number of hydrogen-bond donors (Lipinski definition) is 0. The Labute approximate surface area is 85.2 Å². The Morgan fingerprint density at radius 3 is 2.43 bits per heavy atom. The van der Waals surface area contributed by atoms with Crippen LogP contribution < -0.4 is 0 Å². The molecule has 1 heterocycles. The van der Waals surface area contributed by atoms with Crippen molar-refractivity contribution in [1.29, 1.82) is 0 Å². The maximum absolute atomic E-state index is 11.6. The summed E-state index contributed by atoms with van der Waals surface area (Å²) in [5.74, 6) is 0.323. The number of sulfone groups is 1. The minimum Gasteiger partial charge on any atom is -0.342 e. The molecule has 0 spiro atoms. The molecule has 1 aliphatic rings. The van der Waals surface area contributed by atoms with Gasteiger partial charge in [-0.25, -0.2) is 8.42 Å². The first-order valence-electron chi connectivity index (χ1n) is 4.81. The molecule has 5 heteroatoms. The molecule has 1 amide bonds. The first kappa shape index (κ1) is 11.5. The average molecular weight is 219 g/mol. The maximum atomic E-state index is 11.6. The summed E-state index contributed by atoms with van der Waals surface area (Å²) < 4.78 is 23.1. The van der Waals surface area contributed by atoms with Crippen LogP contribution in [0.25, 0.3) is 0 Å². The molecule has 1 aliphatic heterocycles. The predicted octanol–water partition coefficient (Wildman–Crippen LogP) is 0.286. The summed E-state index contributed by atoms with van der Waals surface area (Å²) in [6, 6.07) is 0.0704. The fraction of sp³-hybridized carbons (Fsp3) is 0.889. The van der Waals surface area contributed by atoms with Crippen LogP contribution in [0, 0.1) is 5.92 Å². The summed E-state index contributed by atoms with van der Waals surface area (Å²) in [5, 5.41) is -0.319. The van der Waals surface area contributed by atoms with Gasteiger partial charge in [0.1, 0.15) is 0 Å². The van der Waals surface area contributed by atoms with Crippen molar-refractivity contribution < 1.29 is 13.2 Å². The van der Waals surface area contributed by atoms with Crippen molar-refractivity contribution in [2.24, 2.45) is 5.92 Å². The Morgan fingerprint density at radius 1 is 1.50 bits per heavy atom. The molecule has 0 bridgehead atoms. The molecule has 2 atom stereocenters. The molecule has 0 aromatic heterocycles. The highest BCUT2D eigenvalue weighted by molar-refractivity contribution is 7.91. The van der Waals surface area contributed by atoms with Gasteiger partial charge in [0, 0.05) is 18.5 Å². The molecule has 1 rings (SSSR count). The van der Waals surface area contributed by atoms with Crippen LogP contribution in [0.15, 0.2) is 0 Å². The van der Waals surface area contributed by atoms with Crippen LogP contribution in [0.5, 0.6) is 0 Å². The third-order valence-corrected chi connectivity index (χ3v) is 5.28. The van der Waals surface area contributed by atoms with Gasteiger partial charge in [-0.2, -0.15) is 0 Å². The quantitative estimate of drug-likeness (QED) is 0.638. The number of rotatable bonds is 4. The lowest BCUT2D eigenvalue weighted by atomic mass is 9.93. The lowest BCUT2D eigenvalue weighted by Gasteiger charge is -2.44. The minimum absolute atomic E-state index is 0.0704. The first-order valence-corrected chi connectivity index (χ1v) is 6.52. The fourth-order valence-corrected chi connectivity index (χ4v) is 2.91. The maximum Gasteiger partial charge on any atom is 0.209 e. The normalized spacial score (nSPS) is 27.6. The van der Waals surface area contributed by atoms with Gasteiger partial charge in [0.05, 0.1) is 11.0 Å². The van der Waals surface area contributed by atoms with Gasteiger partial charge in [-0.3, -0.25) is 4.79 Å². The Bertz CT molecular complexity index is 310. The van der Waals surface area contributed by atoms with Crippen LogP contribution in [0.3, 0.4) is 0 Å². The molecule has 14 heavy (non-hydrogen) atoms. The van der Waals surface area contributed by atoms with E-state index in [0.717, 1.165) is 6.41 Å². The van der Waals surface area contributed by atoms with Crippen LogP contribution >= 0.6 is 0 Å². The molecule has 0 saturated carbocycles. The second-order valence-electron chi connectivity index (χ2n) is 4.18. The van der Waals surface area contributed by atoms with Gasteiger partial charge in [-0.05, 0) is 20.8 Å². The highest BCUT2D eigenvalue weighted by Crippen LogP contribution is 2.25. The van der Waals surface area contributed by atoms with Gasteiger partial charge in [0.15, 0.2) is 9.84 Å². The third kappa shape index (κ3) is 2.08. The Kier molecular flexibility index (Phi) is 3.19. The molecule has 1 saturated heterocycles. The molecule has 0 aromatic rings. The van der Waals surface area contributed by atoms with E-state index in [4.69, 9.17) is 0 Å². The molecular formula is C9H17NO3S. The second-order valence-corrected chi connectivity index (χ2v) is 6.78. The Morgan fingerprint density at radius 2 is 2.07 bits per heavy atom. The monoisotopic (exact) mass is 219 g/mol. The van der Waals surface area contributed by atoms with Crippen molar-refractivity contribution in [3.05, 3.63) is 0 Å². The summed E-state index contributed by atoms with van der Waals surface area (Å²) >= 11 is 0. The van der Waals surface area contributed by atoms with Gasteiger partial charge < -0.3 is 4.90 Å². The van der Waals surface area contributed by atoms with Crippen molar-refractivity contribution >= 4 is 16.2 Å². The topological polar surface area (TPSA) is 54.5 Å². The predicted molar refractivity (Wildman–Crippen MR) is 54.6 cm³/mol. The van der Waals surface area contributed by atoms with Gasteiger partial charge in [-0.15, -0.1) is 0 Å². The minimum atomic E-state index is -2.97. The van der Waals surface area contributed by atoms with Crippen molar-refractivity contribution in [2.75, 3.05) is 12.3 Å². The zero-order chi connectivity index (χ0) is 10.9. The van der Waals surface area contributed by atoms with E-state index in [1.807, 2.05) is 6.92 Å². The highest BCUT2D eigenvalue weighted by atomic mass is 32.2. The largest absolute Gasteiger partial charge is 0.342 e. The Hall–Kier alpha value is -0.580. The number of amides is 1. The highest BCUT2D eigenvalue weighted by Gasteiger charge is 2.37. The molecule has 0 aromatic carbocycles. The smallest absolute Gasteiger partial charge is 0.209 e. The van der Waals surface area contributed by atoms with Gasteiger partial charge >= 0.3 is 0 Å². The zero-order valence-corrected chi connectivity index (χ0v) is 9.62. The van der Waals surface area contributed by atoms with E-state index >= 15 is 0 Å². The number of carbonyl (C=O) groups excluding carboxylic acids is 1. The van der Waals surface area contributed by atoms with E-state index in [1.165, 1.54) is 0 Å². The van der Waals surface area contributed by atoms with Crippen molar-refractivity contribution in [3.63, 3.8) is 0 Å². The van der Waals surface area contributed by atoms with Crippen LogP contribution in [0.4, 0.5) is 0 Å². The molecule has 0 radical (unpaired) electrons. The number of likely N-dealkylation sites (tertiary alicyclic amines) is 1. The molecule has 1 fully saturated rings. The number of hydrogen-bond acceptors (Lipinski definition) is 3. The standard InChI is InChI=1S/C9H17NO3S/c1-7(2)14(12,13)5-9-4-10(6-11)8(9)3/h6-9H,4-5H2,1-3H3/t8-,9-/m1/s1. The summed E-state index contributed by atoms with van der Waals surface area (Å²) in [7, 11) is -2.97. The zero-order valence-electron chi connectivity index (χ0n) is 8.80. The third-order valence-electron chi connectivity index (χ3n) is 2.95. The van der Waals surface area contributed by atoms with E-state index in [1.54, 1.807) is 18.7 Å². The second kappa shape index (κ2) is 3.88. The Balaban J connectivity index is 2.53.